The molecule has 0 aliphatic heterocycles. The minimum atomic E-state index is -0.493. The lowest BCUT2D eigenvalue weighted by Crippen LogP contribution is -2.06. The van der Waals surface area contributed by atoms with Crippen LogP contribution in [0.5, 0.6) is 0 Å². The number of nitro benzene ring substituents is 2. The number of nitrogens with zero attached hydrogens (tertiary/aromatic N) is 2. The topological polar surface area (TPSA) is 98.3 Å². The standard InChI is InChI=1S/C14H21N3O4/c1-3-5-7-11-9-14(17(20)21)12(15-8-6-4-2)10-13(11)16(18)19/h9-10,15H,3-8H2,1-2H3. The van der Waals surface area contributed by atoms with E-state index in [-0.39, 0.29) is 17.1 Å². The molecular weight excluding hydrogens is 274 g/mol. The fraction of sp³-hybridized carbons (Fsp3) is 0.571. The highest BCUT2D eigenvalue weighted by Crippen LogP contribution is 2.33. The van der Waals surface area contributed by atoms with Gasteiger partial charge in [0.25, 0.3) is 11.4 Å². The lowest BCUT2D eigenvalue weighted by Gasteiger charge is -2.09. The summed E-state index contributed by atoms with van der Waals surface area (Å²) in [6.45, 7) is 4.54. The van der Waals surface area contributed by atoms with Crippen molar-refractivity contribution in [3.05, 3.63) is 37.9 Å². The molecule has 1 N–H and O–H groups in total. The summed E-state index contributed by atoms with van der Waals surface area (Å²) in [5.41, 5.74) is 0.505. The Labute approximate surface area is 123 Å². The van der Waals surface area contributed by atoms with Gasteiger partial charge in [0.05, 0.1) is 9.85 Å². The van der Waals surface area contributed by atoms with Crippen LogP contribution in [-0.4, -0.2) is 16.4 Å². The third kappa shape index (κ3) is 4.70. The lowest BCUT2D eigenvalue weighted by molar-refractivity contribution is -0.389. The number of unbranched alkanes of at least 4 members (excludes halogenated alkanes) is 2. The van der Waals surface area contributed by atoms with E-state index in [9.17, 15) is 20.2 Å². The van der Waals surface area contributed by atoms with Gasteiger partial charge >= 0.3 is 0 Å². The van der Waals surface area contributed by atoms with Gasteiger partial charge in [0.2, 0.25) is 0 Å². The van der Waals surface area contributed by atoms with Crippen LogP contribution < -0.4 is 5.32 Å². The van der Waals surface area contributed by atoms with Crippen molar-refractivity contribution >= 4 is 17.1 Å². The molecule has 7 heteroatoms. The summed E-state index contributed by atoms with van der Waals surface area (Å²) in [5, 5.41) is 25.2. The Kier molecular flexibility index (Phi) is 6.58. The molecule has 0 heterocycles. The third-order valence-electron chi connectivity index (χ3n) is 3.24. The van der Waals surface area contributed by atoms with E-state index >= 15 is 0 Å². The van der Waals surface area contributed by atoms with Gasteiger partial charge in [-0.15, -0.1) is 0 Å². The normalized spacial score (nSPS) is 10.4. The number of hydrogen-bond donors (Lipinski definition) is 1. The van der Waals surface area contributed by atoms with Gasteiger partial charge in [-0.05, 0) is 19.3 Å². The van der Waals surface area contributed by atoms with Crippen LogP contribution >= 0.6 is 0 Å². The third-order valence-corrected chi connectivity index (χ3v) is 3.24. The van der Waals surface area contributed by atoms with Crippen LogP contribution in [0.25, 0.3) is 0 Å². The number of nitrogens with one attached hydrogen (secondary N) is 1. The average molecular weight is 295 g/mol. The molecule has 21 heavy (non-hydrogen) atoms. The summed E-state index contributed by atoms with van der Waals surface area (Å²) < 4.78 is 0. The summed E-state index contributed by atoms with van der Waals surface area (Å²) in [6.07, 6.45) is 3.91. The molecule has 0 saturated heterocycles. The summed E-state index contributed by atoms with van der Waals surface area (Å²) in [5.74, 6) is 0. The van der Waals surface area contributed by atoms with Gasteiger partial charge in [-0.2, -0.15) is 0 Å². The first-order chi connectivity index (χ1) is 10.0. The summed E-state index contributed by atoms with van der Waals surface area (Å²) >= 11 is 0. The van der Waals surface area contributed by atoms with Crippen LogP contribution in [-0.2, 0) is 6.42 Å². The zero-order chi connectivity index (χ0) is 15.8. The van der Waals surface area contributed by atoms with Gasteiger partial charge in [0.15, 0.2) is 0 Å². The Morgan fingerprint density at radius 1 is 1.00 bits per heavy atom. The lowest BCUT2D eigenvalue weighted by atomic mass is 10.0. The fourth-order valence-corrected chi connectivity index (χ4v) is 2.05. The minimum Gasteiger partial charge on any atom is -0.379 e. The van der Waals surface area contributed by atoms with Crippen molar-refractivity contribution in [3.8, 4) is 0 Å². The first-order valence-electron chi connectivity index (χ1n) is 7.20. The summed E-state index contributed by atoms with van der Waals surface area (Å²) in [6, 6.07) is 2.63. The Hall–Kier alpha value is -2.18. The first-order valence-corrected chi connectivity index (χ1v) is 7.20. The maximum Gasteiger partial charge on any atom is 0.293 e. The highest BCUT2D eigenvalue weighted by molar-refractivity contribution is 5.68. The molecule has 1 aromatic rings. The molecule has 0 radical (unpaired) electrons. The van der Waals surface area contributed by atoms with Gasteiger partial charge in [0.1, 0.15) is 5.69 Å². The van der Waals surface area contributed by atoms with Crippen LogP contribution in [0.2, 0.25) is 0 Å². The number of rotatable bonds is 9. The van der Waals surface area contributed by atoms with Gasteiger partial charge < -0.3 is 5.32 Å². The van der Waals surface area contributed by atoms with Crippen LogP contribution in [0.3, 0.4) is 0 Å². The molecule has 1 aromatic carbocycles. The van der Waals surface area contributed by atoms with Crippen molar-refractivity contribution in [3.63, 3.8) is 0 Å². The zero-order valence-corrected chi connectivity index (χ0v) is 12.4. The molecule has 0 atom stereocenters. The Morgan fingerprint density at radius 3 is 2.14 bits per heavy atom. The number of nitro groups is 2. The predicted octanol–water partition coefficient (Wildman–Crippen LogP) is 4.06. The van der Waals surface area contributed by atoms with Gasteiger partial charge in [0, 0.05) is 24.2 Å². The molecule has 0 bridgehead atoms. The zero-order valence-electron chi connectivity index (χ0n) is 12.4. The second kappa shape index (κ2) is 8.18. The molecule has 0 amide bonds. The van der Waals surface area contributed by atoms with E-state index in [1.54, 1.807) is 0 Å². The number of hydrogen-bond acceptors (Lipinski definition) is 5. The molecule has 0 aliphatic carbocycles. The highest BCUT2D eigenvalue weighted by atomic mass is 16.6. The fourth-order valence-electron chi connectivity index (χ4n) is 2.05. The molecule has 0 saturated carbocycles. The van der Waals surface area contributed by atoms with E-state index in [0.717, 1.165) is 25.7 Å². The first kappa shape index (κ1) is 16.9. The molecule has 0 aromatic heterocycles. The van der Waals surface area contributed by atoms with Crippen LogP contribution in [0.15, 0.2) is 12.1 Å². The second-order valence-corrected chi connectivity index (χ2v) is 4.90. The van der Waals surface area contributed by atoms with Crippen LogP contribution in [0.1, 0.15) is 45.1 Å². The van der Waals surface area contributed by atoms with Crippen LogP contribution in [0, 0.1) is 20.2 Å². The summed E-state index contributed by atoms with van der Waals surface area (Å²) in [4.78, 5) is 21.3. The predicted molar refractivity (Wildman–Crippen MR) is 81.8 cm³/mol. The molecule has 0 unspecified atom stereocenters. The maximum absolute atomic E-state index is 11.2. The quantitative estimate of drug-likeness (QED) is 0.421. The van der Waals surface area contributed by atoms with E-state index in [2.05, 4.69) is 5.32 Å². The van der Waals surface area contributed by atoms with E-state index in [1.807, 2.05) is 13.8 Å². The molecule has 0 aliphatic rings. The Balaban J connectivity index is 3.19. The van der Waals surface area contributed by atoms with E-state index in [0.29, 0.717) is 18.5 Å². The highest BCUT2D eigenvalue weighted by Gasteiger charge is 2.23. The molecule has 0 fully saturated rings. The van der Waals surface area contributed by atoms with Crippen molar-refractivity contribution in [1.29, 1.82) is 0 Å². The SMILES string of the molecule is CCCCNc1cc([N+](=O)[O-])c(CCCC)cc1[N+](=O)[O-]. The molecule has 1 rings (SSSR count). The monoisotopic (exact) mass is 295 g/mol. The molecule has 116 valence electrons. The van der Waals surface area contributed by atoms with Crippen molar-refractivity contribution in [2.45, 2.75) is 46.0 Å². The number of benzene rings is 1. The smallest absolute Gasteiger partial charge is 0.293 e. The van der Waals surface area contributed by atoms with Crippen LogP contribution in [0.4, 0.5) is 17.1 Å². The molecule has 7 nitrogen and oxygen atoms in total. The van der Waals surface area contributed by atoms with Gasteiger partial charge in [-0.1, -0.05) is 26.7 Å². The Bertz CT molecular complexity index is 517. The number of anilines is 1. The average Bonchev–Trinajstić information content (AvgIpc) is 2.45. The minimum absolute atomic E-state index is 0.0481. The number of aryl methyl sites for hydroxylation is 1. The van der Waals surface area contributed by atoms with E-state index in [1.165, 1.54) is 12.1 Å². The van der Waals surface area contributed by atoms with Crippen molar-refractivity contribution in [2.75, 3.05) is 11.9 Å². The largest absolute Gasteiger partial charge is 0.379 e. The van der Waals surface area contributed by atoms with Crippen molar-refractivity contribution < 1.29 is 9.85 Å². The molecular formula is C14H21N3O4. The second-order valence-electron chi connectivity index (χ2n) is 4.90. The summed E-state index contributed by atoms with van der Waals surface area (Å²) in [7, 11) is 0. The van der Waals surface area contributed by atoms with E-state index in [4.69, 9.17) is 0 Å². The molecule has 0 spiro atoms. The van der Waals surface area contributed by atoms with Crippen molar-refractivity contribution in [1.82, 2.24) is 0 Å². The van der Waals surface area contributed by atoms with Gasteiger partial charge in [-0.25, -0.2) is 0 Å². The maximum atomic E-state index is 11.2. The van der Waals surface area contributed by atoms with Crippen molar-refractivity contribution in [2.24, 2.45) is 0 Å². The van der Waals surface area contributed by atoms with Gasteiger partial charge in [-0.3, -0.25) is 20.2 Å². The van der Waals surface area contributed by atoms with E-state index < -0.39 is 9.85 Å². The Morgan fingerprint density at radius 2 is 1.62 bits per heavy atom.